The zero-order valence-electron chi connectivity index (χ0n) is 18.6. The maximum atomic E-state index is 13.0. The van der Waals surface area contributed by atoms with E-state index in [1.54, 1.807) is 33.2 Å². The van der Waals surface area contributed by atoms with Gasteiger partial charge in [0.25, 0.3) is 0 Å². The first-order valence-electron chi connectivity index (χ1n) is 10.5. The van der Waals surface area contributed by atoms with Crippen LogP contribution in [-0.2, 0) is 9.59 Å². The number of carbonyl (C=O) groups excluding carboxylic acids is 2. The molecule has 0 spiro atoms. The molecule has 0 aromatic heterocycles. The molecule has 0 bridgehead atoms. The first-order valence-corrected chi connectivity index (χ1v) is 10.5. The predicted octanol–water partition coefficient (Wildman–Crippen LogP) is 2.46. The molecule has 166 valence electrons. The van der Waals surface area contributed by atoms with E-state index in [-0.39, 0.29) is 30.4 Å². The van der Waals surface area contributed by atoms with Crippen LogP contribution in [0.4, 0.5) is 0 Å². The van der Waals surface area contributed by atoms with Gasteiger partial charge in [-0.2, -0.15) is 0 Å². The number of rotatable bonds is 8. The van der Waals surface area contributed by atoms with E-state index in [2.05, 4.69) is 5.32 Å². The number of nitrogens with one attached hydrogen (secondary N) is 1. The lowest BCUT2D eigenvalue weighted by Crippen LogP contribution is -2.47. The van der Waals surface area contributed by atoms with Crippen molar-refractivity contribution in [1.82, 2.24) is 15.1 Å². The first-order chi connectivity index (χ1) is 14.9. The molecule has 0 aliphatic carbocycles. The Morgan fingerprint density at radius 2 is 1.52 bits per heavy atom. The smallest absolute Gasteiger partial charge is 0.239 e. The van der Waals surface area contributed by atoms with E-state index in [9.17, 15) is 9.59 Å². The van der Waals surface area contributed by atoms with Crippen molar-refractivity contribution in [3.63, 3.8) is 0 Å². The number of methoxy groups -OCH3 is 2. The number of likely N-dealkylation sites (N-methyl/N-ethyl adjacent to an activating group) is 1. The van der Waals surface area contributed by atoms with Gasteiger partial charge in [-0.3, -0.25) is 14.5 Å². The van der Waals surface area contributed by atoms with Crippen LogP contribution >= 0.6 is 0 Å². The molecular weight excluding hydrogens is 394 g/mol. The van der Waals surface area contributed by atoms with Crippen LogP contribution in [0.15, 0.2) is 48.5 Å². The molecule has 1 aliphatic rings. The summed E-state index contributed by atoms with van der Waals surface area (Å²) in [6.07, 6.45) is 1.70. The van der Waals surface area contributed by atoms with Crippen LogP contribution in [0, 0.1) is 0 Å². The number of likely N-dealkylation sites (tertiary alicyclic amines) is 1. The Bertz CT molecular complexity index is 833. The number of hydrogen-bond donors (Lipinski definition) is 1. The highest BCUT2D eigenvalue weighted by Gasteiger charge is 2.33. The van der Waals surface area contributed by atoms with Gasteiger partial charge < -0.3 is 19.7 Å². The maximum absolute atomic E-state index is 13.0. The van der Waals surface area contributed by atoms with E-state index in [1.807, 2.05) is 53.4 Å². The third-order valence-electron chi connectivity index (χ3n) is 5.64. The third-order valence-corrected chi connectivity index (χ3v) is 5.64. The number of amides is 2. The lowest BCUT2D eigenvalue weighted by molar-refractivity contribution is -0.134. The Morgan fingerprint density at radius 1 is 1.00 bits per heavy atom. The molecule has 0 saturated carbocycles. The zero-order valence-corrected chi connectivity index (χ0v) is 18.6. The van der Waals surface area contributed by atoms with Crippen molar-refractivity contribution in [3.8, 4) is 11.5 Å². The molecule has 1 saturated heterocycles. The van der Waals surface area contributed by atoms with E-state index in [0.717, 1.165) is 42.0 Å². The van der Waals surface area contributed by atoms with Crippen molar-refractivity contribution < 1.29 is 19.1 Å². The second kappa shape index (κ2) is 10.3. The highest BCUT2D eigenvalue weighted by molar-refractivity contribution is 5.84. The molecule has 7 heteroatoms. The Labute approximate surface area is 183 Å². The summed E-state index contributed by atoms with van der Waals surface area (Å²) in [4.78, 5) is 29.0. The van der Waals surface area contributed by atoms with Gasteiger partial charge in [-0.15, -0.1) is 0 Å². The first kappa shape index (κ1) is 22.6. The molecule has 31 heavy (non-hydrogen) atoms. The van der Waals surface area contributed by atoms with Crippen LogP contribution in [0.1, 0.15) is 30.0 Å². The molecule has 1 aliphatic heterocycles. The fourth-order valence-corrected chi connectivity index (χ4v) is 3.94. The van der Waals surface area contributed by atoms with Crippen LogP contribution in [0.5, 0.6) is 11.5 Å². The van der Waals surface area contributed by atoms with E-state index in [4.69, 9.17) is 9.47 Å². The summed E-state index contributed by atoms with van der Waals surface area (Å²) in [5.41, 5.74) is 1.89. The second-order valence-electron chi connectivity index (χ2n) is 7.91. The van der Waals surface area contributed by atoms with Gasteiger partial charge in [0.2, 0.25) is 11.8 Å². The lowest BCUT2D eigenvalue weighted by Gasteiger charge is -2.27. The summed E-state index contributed by atoms with van der Waals surface area (Å²) in [5, 5.41) is 3.15. The van der Waals surface area contributed by atoms with Gasteiger partial charge in [0, 0.05) is 14.1 Å². The largest absolute Gasteiger partial charge is 0.497 e. The number of carbonyl (C=O) groups is 2. The minimum atomic E-state index is -0.324. The van der Waals surface area contributed by atoms with Crippen molar-refractivity contribution >= 4 is 11.8 Å². The Kier molecular flexibility index (Phi) is 7.52. The molecule has 1 fully saturated rings. The minimum Gasteiger partial charge on any atom is -0.497 e. The Hall–Kier alpha value is -3.06. The molecule has 3 rings (SSSR count). The van der Waals surface area contributed by atoms with Crippen LogP contribution in [0.3, 0.4) is 0 Å². The number of benzene rings is 2. The van der Waals surface area contributed by atoms with Crippen LogP contribution in [0.2, 0.25) is 0 Å². The molecule has 2 aromatic rings. The lowest BCUT2D eigenvalue weighted by atomic mass is 9.98. The molecule has 7 nitrogen and oxygen atoms in total. The Balaban J connectivity index is 1.78. The summed E-state index contributed by atoms with van der Waals surface area (Å²) < 4.78 is 10.5. The molecule has 2 aromatic carbocycles. The number of nitrogens with zero attached hydrogens (tertiary/aromatic N) is 2. The fourth-order valence-electron chi connectivity index (χ4n) is 3.94. The maximum Gasteiger partial charge on any atom is 0.239 e. The molecule has 1 atom stereocenters. The van der Waals surface area contributed by atoms with Crippen molar-refractivity contribution in [1.29, 1.82) is 0 Å². The van der Waals surface area contributed by atoms with Gasteiger partial charge in [-0.05, 0) is 54.8 Å². The number of ether oxygens (including phenoxy) is 2. The van der Waals surface area contributed by atoms with Gasteiger partial charge in [0.05, 0.1) is 32.8 Å². The molecule has 2 amide bonds. The monoisotopic (exact) mass is 425 g/mol. The molecular formula is C24H31N3O4. The van der Waals surface area contributed by atoms with E-state index in [1.165, 1.54) is 0 Å². The zero-order chi connectivity index (χ0) is 22.4. The summed E-state index contributed by atoms with van der Waals surface area (Å²) in [7, 11) is 6.75. The van der Waals surface area contributed by atoms with Crippen LogP contribution < -0.4 is 14.8 Å². The predicted molar refractivity (Wildman–Crippen MR) is 119 cm³/mol. The van der Waals surface area contributed by atoms with Crippen molar-refractivity contribution in [2.75, 3.05) is 41.4 Å². The normalized spacial score (nSPS) is 16.2. The van der Waals surface area contributed by atoms with Gasteiger partial charge in [0.15, 0.2) is 0 Å². The summed E-state index contributed by atoms with van der Waals surface area (Å²) in [5.74, 6) is 1.44. The Morgan fingerprint density at radius 3 is 1.97 bits per heavy atom. The summed E-state index contributed by atoms with van der Waals surface area (Å²) in [6.45, 7) is 0.931. The second-order valence-corrected chi connectivity index (χ2v) is 7.91. The van der Waals surface area contributed by atoms with Gasteiger partial charge in [0.1, 0.15) is 11.5 Å². The third kappa shape index (κ3) is 5.55. The summed E-state index contributed by atoms with van der Waals surface area (Å²) in [6, 6.07) is 14.7. The molecule has 1 heterocycles. The highest BCUT2D eigenvalue weighted by atomic mass is 16.5. The van der Waals surface area contributed by atoms with Gasteiger partial charge >= 0.3 is 0 Å². The minimum absolute atomic E-state index is 0.0483. The van der Waals surface area contributed by atoms with Crippen LogP contribution in [0.25, 0.3) is 0 Å². The van der Waals surface area contributed by atoms with Crippen LogP contribution in [-0.4, -0.2) is 69.1 Å². The van der Waals surface area contributed by atoms with Gasteiger partial charge in [-0.1, -0.05) is 24.3 Å². The van der Waals surface area contributed by atoms with Crippen molar-refractivity contribution in [2.24, 2.45) is 0 Å². The van der Waals surface area contributed by atoms with E-state index in [0.29, 0.717) is 0 Å². The molecule has 1 N–H and O–H groups in total. The molecule has 0 unspecified atom stereocenters. The summed E-state index contributed by atoms with van der Waals surface area (Å²) >= 11 is 0. The average molecular weight is 426 g/mol. The average Bonchev–Trinajstić information content (AvgIpc) is 3.25. The topological polar surface area (TPSA) is 71.1 Å². The standard InChI is InChI=1S/C24H31N3O4/c1-26(2)24(29)21-6-5-15-27(21)16-22(28)25-23(17-7-11-19(30-3)12-8-17)18-9-13-20(31-4)14-10-18/h7-14,21,23H,5-6,15-16H2,1-4H3,(H,25,28)/t21-/m1/s1. The quantitative estimate of drug-likeness (QED) is 0.704. The van der Waals surface area contributed by atoms with E-state index >= 15 is 0 Å². The highest BCUT2D eigenvalue weighted by Crippen LogP contribution is 2.26. The fraction of sp³-hybridized carbons (Fsp3) is 0.417. The van der Waals surface area contributed by atoms with Crippen molar-refractivity contribution in [3.05, 3.63) is 59.7 Å². The van der Waals surface area contributed by atoms with E-state index < -0.39 is 0 Å². The van der Waals surface area contributed by atoms with Crippen molar-refractivity contribution in [2.45, 2.75) is 24.9 Å². The van der Waals surface area contributed by atoms with Gasteiger partial charge in [-0.25, -0.2) is 0 Å². The number of hydrogen-bond acceptors (Lipinski definition) is 5. The SMILES string of the molecule is COc1ccc(C(NC(=O)CN2CCC[C@@H]2C(=O)N(C)C)c2ccc(OC)cc2)cc1. The molecule has 0 radical (unpaired) electrons.